The SMILES string of the molecule is O=C(NC1CCCOc2ccc(F)cc21)C1CCCN1. The van der Waals surface area contributed by atoms with Crippen molar-refractivity contribution in [1.29, 1.82) is 0 Å². The lowest BCUT2D eigenvalue weighted by molar-refractivity contribution is -0.123. The number of carbonyl (C=O) groups is 1. The van der Waals surface area contributed by atoms with Crippen LogP contribution in [0.15, 0.2) is 18.2 Å². The van der Waals surface area contributed by atoms with E-state index in [1.807, 2.05) is 0 Å². The molecule has 5 heteroatoms. The normalized spacial score (nSPS) is 25.4. The van der Waals surface area contributed by atoms with Gasteiger partial charge in [0.05, 0.1) is 18.7 Å². The second-order valence-corrected chi connectivity index (χ2v) is 5.38. The van der Waals surface area contributed by atoms with Crippen molar-refractivity contribution in [1.82, 2.24) is 10.6 Å². The van der Waals surface area contributed by atoms with Crippen LogP contribution in [0, 0.1) is 5.82 Å². The van der Waals surface area contributed by atoms with Crippen molar-refractivity contribution in [2.75, 3.05) is 13.2 Å². The molecule has 20 heavy (non-hydrogen) atoms. The van der Waals surface area contributed by atoms with Gasteiger partial charge >= 0.3 is 0 Å². The summed E-state index contributed by atoms with van der Waals surface area (Å²) in [5, 5.41) is 6.22. The molecule has 0 saturated carbocycles. The van der Waals surface area contributed by atoms with E-state index in [1.54, 1.807) is 6.07 Å². The molecule has 0 aliphatic carbocycles. The Morgan fingerprint density at radius 3 is 3.05 bits per heavy atom. The Bertz CT molecular complexity index is 501. The van der Waals surface area contributed by atoms with Crippen LogP contribution in [0.25, 0.3) is 0 Å². The fourth-order valence-corrected chi connectivity index (χ4v) is 2.88. The van der Waals surface area contributed by atoms with Crippen LogP contribution in [-0.2, 0) is 4.79 Å². The molecule has 1 amide bonds. The fourth-order valence-electron chi connectivity index (χ4n) is 2.88. The first-order valence-electron chi connectivity index (χ1n) is 7.20. The first-order valence-corrected chi connectivity index (χ1v) is 7.20. The van der Waals surface area contributed by atoms with E-state index >= 15 is 0 Å². The average molecular weight is 278 g/mol. The van der Waals surface area contributed by atoms with Crippen molar-refractivity contribution in [2.45, 2.75) is 37.8 Å². The molecule has 2 atom stereocenters. The van der Waals surface area contributed by atoms with Gasteiger partial charge in [0.15, 0.2) is 0 Å². The van der Waals surface area contributed by atoms with Gasteiger partial charge in [-0.3, -0.25) is 4.79 Å². The van der Waals surface area contributed by atoms with E-state index in [0.717, 1.165) is 37.8 Å². The van der Waals surface area contributed by atoms with E-state index in [1.165, 1.54) is 12.1 Å². The Balaban J connectivity index is 1.78. The van der Waals surface area contributed by atoms with E-state index in [0.29, 0.717) is 12.4 Å². The summed E-state index contributed by atoms with van der Waals surface area (Å²) in [4.78, 5) is 12.2. The highest BCUT2D eigenvalue weighted by molar-refractivity contribution is 5.82. The third-order valence-corrected chi connectivity index (χ3v) is 3.94. The summed E-state index contributed by atoms with van der Waals surface area (Å²) in [5.41, 5.74) is 0.744. The van der Waals surface area contributed by atoms with Gasteiger partial charge in [0, 0.05) is 5.56 Å². The molecule has 2 unspecified atom stereocenters. The molecule has 2 aliphatic heterocycles. The molecule has 0 bridgehead atoms. The number of hydrogen-bond acceptors (Lipinski definition) is 3. The molecule has 1 fully saturated rings. The zero-order chi connectivity index (χ0) is 13.9. The van der Waals surface area contributed by atoms with E-state index in [2.05, 4.69) is 10.6 Å². The summed E-state index contributed by atoms with van der Waals surface area (Å²) >= 11 is 0. The van der Waals surface area contributed by atoms with Gasteiger partial charge in [-0.25, -0.2) is 4.39 Å². The van der Waals surface area contributed by atoms with Crippen molar-refractivity contribution >= 4 is 5.91 Å². The molecule has 0 spiro atoms. The Morgan fingerprint density at radius 2 is 2.25 bits per heavy atom. The van der Waals surface area contributed by atoms with Crippen molar-refractivity contribution in [3.05, 3.63) is 29.6 Å². The van der Waals surface area contributed by atoms with Gasteiger partial charge in [-0.2, -0.15) is 0 Å². The van der Waals surface area contributed by atoms with Gasteiger partial charge < -0.3 is 15.4 Å². The smallest absolute Gasteiger partial charge is 0.237 e. The minimum atomic E-state index is -0.299. The fraction of sp³-hybridized carbons (Fsp3) is 0.533. The maximum Gasteiger partial charge on any atom is 0.237 e. The largest absolute Gasteiger partial charge is 0.493 e. The lowest BCUT2D eigenvalue weighted by Crippen LogP contribution is -2.42. The molecule has 0 radical (unpaired) electrons. The third kappa shape index (κ3) is 2.77. The molecule has 4 nitrogen and oxygen atoms in total. The van der Waals surface area contributed by atoms with Crippen molar-refractivity contribution in [3.8, 4) is 5.75 Å². The van der Waals surface area contributed by atoms with E-state index in [-0.39, 0.29) is 23.8 Å². The van der Waals surface area contributed by atoms with E-state index in [4.69, 9.17) is 4.74 Å². The van der Waals surface area contributed by atoms with E-state index < -0.39 is 0 Å². The van der Waals surface area contributed by atoms with Crippen LogP contribution >= 0.6 is 0 Å². The van der Waals surface area contributed by atoms with Crippen LogP contribution < -0.4 is 15.4 Å². The number of amides is 1. The summed E-state index contributed by atoms with van der Waals surface area (Å²) in [6.45, 7) is 1.49. The van der Waals surface area contributed by atoms with Gasteiger partial charge in [-0.05, 0) is 50.4 Å². The lowest BCUT2D eigenvalue weighted by Gasteiger charge is -2.20. The zero-order valence-electron chi connectivity index (χ0n) is 11.3. The number of benzene rings is 1. The first kappa shape index (κ1) is 13.4. The second-order valence-electron chi connectivity index (χ2n) is 5.38. The number of rotatable bonds is 2. The van der Waals surface area contributed by atoms with Gasteiger partial charge in [0.2, 0.25) is 5.91 Å². The van der Waals surface area contributed by atoms with Crippen molar-refractivity contribution < 1.29 is 13.9 Å². The predicted octanol–water partition coefficient (Wildman–Crippen LogP) is 1.91. The number of hydrogen-bond donors (Lipinski definition) is 2. The Kier molecular flexibility index (Phi) is 3.87. The highest BCUT2D eigenvalue weighted by Gasteiger charge is 2.27. The minimum Gasteiger partial charge on any atom is -0.493 e. The summed E-state index contributed by atoms with van der Waals surface area (Å²) in [5.74, 6) is 0.380. The maximum absolute atomic E-state index is 13.5. The molecule has 3 rings (SSSR count). The molecular formula is C15H19FN2O2. The van der Waals surface area contributed by atoms with Crippen LogP contribution in [0.5, 0.6) is 5.75 Å². The summed E-state index contributed by atoms with van der Waals surface area (Å²) in [6, 6.07) is 4.22. The monoisotopic (exact) mass is 278 g/mol. The van der Waals surface area contributed by atoms with Gasteiger partial charge in [-0.1, -0.05) is 0 Å². The average Bonchev–Trinajstić information content (AvgIpc) is 2.91. The quantitative estimate of drug-likeness (QED) is 0.869. The number of ether oxygens (including phenoxy) is 1. The highest BCUT2D eigenvalue weighted by atomic mass is 19.1. The Morgan fingerprint density at radius 1 is 1.35 bits per heavy atom. The zero-order valence-corrected chi connectivity index (χ0v) is 11.3. The summed E-state index contributed by atoms with van der Waals surface area (Å²) in [7, 11) is 0. The topological polar surface area (TPSA) is 50.4 Å². The Labute approximate surface area is 117 Å². The maximum atomic E-state index is 13.5. The molecule has 108 valence electrons. The molecular weight excluding hydrogens is 259 g/mol. The van der Waals surface area contributed by atoms with Crippen LogP contribution in [-0.4, -0.2) is 25.1 Å². The molecule has 1 aromatic carbocycles. The summed E-state index contributed by atoms with van der Waals surface area (Å²) < 4.78 is 19.1. The lowest BCUT2D eigenvalue weighted by atomic mass is 10.0. The van der Waals surface area contributed by atoms with Crippen LogP contribution in [0.3, 0.4) is 0 Å². The van der Waals surface area contributed by atoms with Crippen molar-refractivity contribution in [3.63, 3.8) is 0 Å². The van der Waals surface area contributed by atoms with Gasteiger partial charge in [0.1, 0.15) is 11.6 Å². The van der Waals surface area contributed by atoms with Gasteiger partial charge in [-0.15, -0.1) is 0 Å². The molecule has 0 aromatic heterocycles. The number of nitrogens with one attached hydrogen (secondary N) is 2. The number of fused-ring (bicyclic) bond motifs is 1. The standard InChI is InChI=1S/C15H19FN2O2/c16-10-5-6-14-11(9-10)12(4-2-8-20-14)18-15(19)13-3-1-7-17-13/h5-6,9,12-13,17H,1-4,7-8H2,(H,18,19). The predicted molar refractivity (Wildman–Crippen MR) is 73.0 cm³/mol. The molecule has 2 heterocycles. The number of carbonyl (C=O) groups excluding carboxylic acids is 1. The van der Waals surface area contributed by atoms with Crippen LogP contribution in [0.1, 0.15) is 37.3 Å². The highest BCUT2D eigenvalue weighted by Crippen LogP contribution is 2.32. The molecule has 2 N–H and O–H groups in total. The third-order valence-electron chi connectivity index (χ3n) is 3.94. The second kappa shape index (κ2) is 5.79. The minimum absolute atomic E-state index is 0.00427. The number of halogens is 1. The summed E-state index contributed by atoms with van der Waals surface area (Å²) in [6.07, 6.45) is 3.51. The van der Waals surface area contributed by atoms with Gasteiger partial charge in [0.25, 0.3) is 0 Å². The molecule has 1 aromatic rings. The first-order chi connectivity index (χ1) is 9.74. The van der Waals surface area contributed by atoms with Crippen LogP contribution in [0.4, 0.5) is 4.39 Å². The molecule has 2 aliphatic rings. The van der Waals surface area contributed by atoms with Crippen molar-refractivity contribution in [2.24, 2.45) is 0 Å². The van der Waals surface area contributed by atoms with E-state index in [9.17, 15) is 9.18 Å². The van der Waals surface area contributed by atoms with Crippen LogP contribution in [0.2, 0.25) is 0 Å². The Hall–Kier alpha value is -1.62. The molecule has 1 saturated heterocycles.